The van der Waals surface area contributed by atoms with Crippen molar-refractivity contribution in [2.45, 2.75) is 20.4 Å². The molecule has 1 heterocycles. The second-order valence-corrected chi connectivity index (χ2v) is 8.10. The summed E-state index contributed by atoms with van der Waals surface area (Å²) < 4.78 is 0. The molecule has 0 aliphatic carbocycles. The largest absolute Gasteiger partial charge is 0.350 e. The van der Waals surface area contributed by atoms with Crippen molar-refractivity contribution in [2.75, 3.05) is 13.1 Å². The third-order valence-electron chi connectivity index (χ3n) is 4.63. The number of hydrogen-bond acceptors (Lipinski definition) is 3. The summed E-state index contributed by atoms with van der Waals surface area (Å²) in [6.07, 6.45) is 0. The van der Waals surface area contributed by atoms with Gasteiger partial charge in [0.25, 0.3) is 5.91 Å². The van der Waals surface area contributed by atoms with E-state index >= 15 is 0 Å². The van der Waals surface area contributed by atoms with Crippen molar-refractivity contribution in [1.82, 2.24) is 10.2 Å². The number of rotatable bonds is 7. The van der Waals surface area contributed by atoms with Crippen LogP contribution in [-0.2, 0) is 11.3 Å². The number of likely N-dealkylation sites (N-methyl/N-ethyl adjacent to an activating group) is 1. The van der Waals surface area contributed by atoms with Crippen molar-refractivity contribution >= 4 is 34.8 Å². The first kappa shape index (κ1) is 21.1. The molecule has 0 spiro atoms. The Morgan fingerprint density at radius 3 is 2.38 bits per heavy atom. The van der Waals surface area contributed by atoms with Crippen molar-refractivity contribution < 1.29 is 9.59 Å². The fourth-order valence-electron chi connectivity index (χ4n) is 2.94. The summed E-state index contributed by atoms with van der Waals surface area (Å²) in [6, 6.07) is 17.4. The molecule has 0 aliphatic rings. The minimum atomic E-state index is -0.191. The van der Waals surface area contributed by atoms with Gasteiger partial charge >= 0.3 is 0 Å². The van der Waals surface area contributed by atoms with E-state index in [1.165, 1.54) is 16.9 Å². The molecule has 0 saturated heterocycles. The van der Waals surface area contributed by atoms with Gasteiger partial charge in [0, 0.05) is 23.7 Å². The lowest BCUT2D eigenvalue weighted by Crippen LogP contribution is -2.40. The van der Waals surface area contributed by atoms with Crippen LogP contribution in [0.5, 0.6) is 0 Å². The normalized spacial score (nSPS) is 10.6. The van der Waals surface area contributed by atoms with Crippen LogP contribution in [0.15, 0.2) is 60.0 Å². The average molecular weight is 427 g/mol. The topological polar surface area (TPSA) is 49.4 Å². The van der Waals surface area contributed by atoms with E-state index in [1.807, 2.05) is 61.7 Å². The van der Waals surface area contributed by atoms with Crippen LogP contribution in [-0.4, -0.2) is 29.8 Å². The Bertz CT molecular complexity index is 981. The first-order valence-corrected chi connectivity index (χ1v) is 10.7. The lowest BCUT2D eigenvalue weighted by atomic mass is 10.0. The first-order chi connectivity index (χ1) is 14.0. The van der Waals surface area contributed by atoms with E-state index in [-0.39, 0.29) is 18.4 Å². The zero-order chi connectivity index (χ0) is 20.8. The second-order valence-electron chi connectivity index (χ2n) is 6.75. The van der Waals surface area contributed by atoms with Crippen molar-refractivity contribution in [3.8, 4) is 11.1 Å². The van der Waals surface area contributed by atoms with Gasteiger partial charge < -0.3 is 10.2 Å². The van der Waals surface area contributed by atoms with Crippen molar-refractivity contribution in [1.29, 1.82) is 0 Å². The van der Waals surface area contributed by atoms with E-state index in [2.05, 4.69) is 5.32 Å². The molecular formula is C23H23ClN2O2S. The molecule has 150 valence electrons. The highest BCUT2D eigenvalue weighted by atomic mass is 35.5. The number of nitrogens with zero attached hydrogens (tertiary/aromatic N) is 1. The van der Waals surface area contributed by atoms with Gasteiger partial charge in [-0.1, -0.05) is 53.6 Å². The van der Waals surface area contributed by atoms with Crippen LogP contribution in [0.25, 0.3) is 11.1 Å². The van der Waals surface area contributed by atoms with Gasteiger partial charge in [-0.3, -0.25) is 9.59 Å². The van der Waals surface area contributed by atoms with Gasteiger partial charge in [0.1, 0.15) is 0 Å². The maximum atomic E-state index is 13.1. The second kappa shape index (κ2) is 9.72. The van der Waals surface area contributed by atoms with Crippen LogP contribution in [0.1, 0.15) is 27.7 Å². The fraction of sp³-hybridized carbons (Fsp3) is 0.217. The van der Waals surface area contributed by atoms with E-state index in [1.54, 1.807) is 17.0 Å². The third-order valence-corrected chi connectivity index (χ3v) is 5.78. The van der Waals surface area contributed by atoms with Crippen LogP contribution >= 0.6 is 22.9 Å². The zero-order valence-electron chi connectivity index (χ0n) is 16.4. The standard InChI is InChI=1S/C23H23ClN2O2S/c1-3-26(15-21(27)25-14-17-6-10-19(24)11-7-17)23(28)22-20(12-13-29-22)18-8-4-16(2)5-9-18/h4-13H,3,14-15H2,1-2H3,(H,25,27). The zero-order valence-corrected chi connectivity index (χ0v) is 18.0. The molecule has 0 unspecified atom stereocenters. The van der Waals surface area contributed by atoms with Gasteiger partial charge in [-0.15, -0.1) is 11.3 Å². The molecule has 0 bridgehead atoms. The average Bonchev–Trinajstić information content (AvgIpc) is 3.21. The number of thiophene rings is 1. The Hall–Kier alpha value is -2.63. The number of aryl methyl sites for hydroxylation is 1. The molecule has 6 heteroatoms. The highest BCUT2D eigenvalue weighted by Crippen LogP contribution is 2.29. The number of amides is 2. The van der Waals surface area contributed by atoms with Crippen LogP contribution < -0.4 is 5.32 Å². The highest BCUT2D eigenvalue weighted by Gasteiger charge is 2.22. The molecule has 2 amide bonds. The summed E-state index contributed by atoms with van der Waals surface area (Å²) >= 11 is 7.28. The van der Waals surface area contributed by atoms with Crippen molar-refractivity contribution in [2.24, 2.45) is 0 Å². The molecular weight excluding hydrogens is 404 g/mol. The molecule has 0 aliphatic heterocycles. The van der Waals surface area contributed by atoms with Crippen LogP contribution in [0.3, 0.4) is 0 Å². The molecule has 0 radical (unpaired) electrons. The Morgan fingerprint density at radius 2 is 1.72 bits per heavy atom. The van der Waals surface area contributed by atoms with Crippen molar-refractivity contribution in [3.63, 3.8) is 0 Å². The van der Waals surface area contributed by atoms with Gasteiger partial charge in [-0.05, 0) is 48.6 Å². The van der Waals surface area contributed by atoms with Gasteiger partial charge in [-0.25, -0.2) is 0 Å². The molecule has 29 heavy (non-hydrogen) atoms. The molecule has 0 fully saturated rings. The number of benzene rings is 2. The maximum Gasteiger partial charge on any atom is 0.265 e. The summed E-state index contributed by atoms with van der Waals surface area (Å²) in [5.74, 6) is -0.316. The highest BCUT2D eigenvalue weighted by molar-refractivity contribution is 7.12. The van der Waals surface area contributed by atoms with E-state index < -0.39 is 0 Å². The number of nitrogens with one attached hydrogen (secondary N) is 1. The summed E-state index contributed by atoms with van der Waals surface area (Å²) in [6.45, 7) is 4.79. The molecule has 0 saturated carbocycles. The van der Waals surface area contributed by atoms with Crippen LogP contribution in [0.2, 0.25) is 5.02 Å². The predicted octanol–water partition coefficient (Wildman–Crippen LogP) is 5.16. The quantitative estimate of drug-likeness (QED) is 0.567. The van der Waals surface area contributed by atoms with Gasteiger partial charge in [0.05, 0.1) is 11.4 Å². The molecule has 2 aromatic carbocycles. The van der Waals surface area contributed by atoms with E-state index in [0.717, 1.165) is 16.7 Å². The Kier molecular flexibility index (Phi) is 7.07. The van der Waals surface area contributed by atoms with Crippen LogP contribution in [0.4, 0.5) is 0 Å². The minimum absolute atomic E-state index is 0.0220. The molecule has 3 rings (SSSR count). The minimum Gasteiger partial charge on any atom is -0.350 e. The van der Waals surface area contributed by atoms with E-state index in [9.17, 15) is 9.59 Å². The van der Waals surface area contributed by atoms with E-state index in [0.29, 0.717) is 23.0 Å². The summed E-state index contributed by atoms with van der Waals surface area (Å²) in [4.78, 5) is 27.7. The molecule has 0 atom stereocenters. The molecule has 1 aromatic heterocycles. The van der Waals surface area contributed by atoms with Crippen LogP contribution in [0, 0.1) is 6.92 Å². The SMILES string of the molecule is CCN(CC(=O)NCc1ccc(Cl)cc1)C(=O)c1sccc1-c1ccc(C)cc1. The number of carbonyl (C=O) groups is 2. The third kappa shape index (κ3) is 5.46. The summed E-state index contributed by atoms with van der Waals surface area (Å²) in [5.41, 5.74) is 4.03. The molecule has 3 aromatic rings. The summed E-state index contributed by atoms with van der Waals surface area (Å²) in [7, 11) is 0. The smallest absolute Gasteiger partial charge is 0.265 e. The lowest BCUT2D eigenvalue weighted by Gasteiger charge is -2.20. The van der Waals surface area contributed by atoms with Gasteiger partial charge in [0.15, 0.2) is 0 Å². The van der Waals surface area contributed by atoms with Gasteiger partial charge in [-0.2, -0.15) is 0 Å². The van der Waals surface area contributed by atoms with Gasteiger partial charge in [0.2, 0.25) is 5.91 Å². The first-order valence-electron chi connectivity index (χ1n) is 9.43. The summed E-state index contributed by atoms with van der Waals surface area (Å²) in [5, 5.41) is 5.43. The number of halogens is 1. The Labute approximate surface area is 180 Å². The Balaban J connectivity index is 1.66. The molecule has 4 nitrogen and oxygen atoms in total. The predicted molar refractivity (Wildman–Crippen MR) is 119 cm³/mol. The lowest BCUT2D eigenvalue weighted by molar-refractivity contribution is -0.121. The fourth-order valence-corrected chi connectivity index (χ4v) is 3.95. The van der Waals surface area contributed by atoms with Crippen molar-refractivity contribution in [3.05, 3.63) is 81.0 Å². The maximum absolute atomic E-state index is 13.1. The Morgan fingerprint density at radius 1 is 1.03 bits per heavy atom. The van der Waals surface area contributed by atoms with E-state index in [4.69, 9.17) is 11.6 Å². The monoisotopic (exact) mass is 426 g/mol. The number of hydrogen-bond donors (Lipinski definition) is 1. The molecule has 1 N–H and O–H groups in total. The number of carbonyl (C=O) groups excluding carboxylic acids is 2.